The second kappa shape index (κ2) is 15.2. The summed E-state index contributed by atoms with van der Waals surface area (Å²) in [6.45, 7) is 8.22. The summed E-state index contributed by atoms with van der Waals surface area (Å²) in [6, 6.07) is 23.2. The fraction of sp³-hybridized carbons (Fsp3) is 0.382. The van der Waals surface area contributed by atoms with E-state index in [-0.39, 0.29) is 29.7 Å². The predicted molar refractivity (Wildman–Crippen MR) is 166 cm³/mol. The van der Waals surface area contributed by atoms with E-state index < -0.39 is 6.04 Å². The predicted octanol–water partition coefficient (Wildman–Crippen LogP) is 4.75. The number of nitrogens with one attached hydrogen (secondary N) is 2. The van der Waals surface area contributed by atoms with E-state index in [4.69, 9.17) is 4.74 Å². The summed E-state index contributed by atoms with van der Waals surface area (Å²) in [7, 11) is 5.72. The van der Waals surface area contributed by atoms with Gasteiger partial charge in [-0.25, -0.2) is 0 Å². The van der Waals surface area contributed by atoms with E-state index in [0.717, 1.165) is 17.7 Å². The first kappa shape index (κ1) is 32.3. The Morgan fingerprint density at radius 2 is 1.48 bits per heavy atom. The number of hydrogen-bond acceptors (Lipinski definition) is 5. The number of ether oxygens (including phenoxy) is 1. The maximum atomic E-state index is 13.4. The van der Waals surface area contributed by atoms with Crippen LogP contribution >= 0.6 is 0 Å². The number of carbonyl (C=O) groups is 3. The molecule has 0 radical (unpaired) electrons. The lowest BCUT2D eigenvalue weighted by Crippen LogP contribution is -2.48. The smallest absolute Gasteiger partial charge is 0.251 e. The van der Waals surface area contributed by atoms with Gasteiger partial charge >= 0.3 is 0 Å². The van der Waals surface area contributed by atoms with Gasteiger partial charge in [-0.15, -0.1) is 0 Å². The zero-order valence-corrected chi connectivity index (χ0v) is 25.6. The van der Waals surface area contributed by atoms with Crippen LogP contribution in [0.15, 0.2) is 78.9 Å². The van der Waals surface area contributed by atoms with Crippen molar-refractivity contribution in [1.29, 1.82) is 0 Å². The number of amides is 3. The summed E-state index contributed by atoms with van der Waals surface area (Å²) in [5.74, 6) is 0.0204. The SMILES string of the molecule is CN(C)CCOc1ccc(C(=O)NCc2cccc(C(=O)N[C@@H](CC(C)(C)C)C(=O)N(C)Cc3ccccc3)c2)cc1. The Labute approximate surface area is 250 Å². The van der Waals surface area contributed by atoms with Crippen LogP contribution in [0.4, 0.5) is 0 Å². The molecule has 0 aliphatic rings. The fourth-order valence-electron chi connectivity index (χ4n) is 4.41. The van der Waals surface area contributed by atoms with Crippen molar-refractivity contribution in [3.8, 4) is 5.75 Å². The molecule has 3 aromatic carbocycles. The van der Waals surface area contributed by atoms with E-state index in [1.165, 1.54) is 0 Å². The van der Waals surface area contributed by atoms with Crippen molar-refractivity contribution in [2.75, 3.05) is 34.3 Å². The van der Waals surface area contributed by atoms with E-state index in [2.05, 4.69) is 10.6 Å². The third-order valence-electron chi connectivity index (χ3n) is 6.62. The van der Waals surface area contributed by atoms with Crippen molar-refractivity contribution < 1.29 is 19.1 Å². The number of likely N-dealkylation sites (N-methyl/N-ethyl adjacent to an activating group) is 2. The standard InChI is InChI=1S/C34H44N4O4/c1-34(2,3)22-30(33(41)38(6)24-25-11-8-7-9-12-25)36-32(40)28-14-10-13-26(21-28)23-35-31(39)27-15-17-29(18-16-27)42-20-19-37(4)5/h7-18,21,30H,19-20,22-24H2,1-6H3,(H,35,39)(H,36,40)/t30-/m0/s1. The Morgan fingerprint density at radius 3 is 2.12 bits per heavy atom. The lowest BCUT2D eigenvalue weighted by molar-refractivity contribution is -0.133. The van der Waals surface area contributed by atoms with Crippen LogP contribution in [0.5, 0.6) is 5.75 Å². The van der Waals surface area contributed by atoms with Gasteiger partial charge in [0.05, 0.1) is 0 Å². The van der Waals surface area contributed by atoms with E-state index >= 15 is 0 Å². The molecule has 2 N–H and O–H groups in total. The monoisotopic (exact) mass is 572 g/mol. The second-order valence-corrected chi connectivity index (χ2v) is 12.0. The Balaban J connectivity index is 1.61. The van der Waals surface area contributed by atoms with Gasteiger partial charge in [0.2, 0.25) is 5.91 Å². The highest BCUT2D eigenvalue weighted by Gasteiger charge is 2.29. The minimum atomic E-state index is -0.676. The van der Waals surface area contributed by atoms with E-state index in [9.17, 15) is 14.4 Å². The largest absolute Gasteiger partial charge is 0.492 e. The van der Waals surface area contributed by atoms with Gasteiger partial charge in [-0.2, -0.15) is 0 Å². The molecular weight excluding hydrogens is 528 g/mol. The number of nitrogens with zero attached hydrogens (tertiary/aromatic N) is 2. The zero-order valence-electron chi connectivity index (χ0n) is 25.6. The van der Waals surface area contributed by atoms with Gasteiger partial charge in [-0.1, -0.05) is 63.2 Å². The molecule has 0 fully saturated rings. The van der Waals surface area contributed by atoms with Gasteiger partial charge in [0.25, 0.3) is 11.8 Å². The molecule has 1 atom stereocenters. The molecule has 0 saturated heterocycles. The van der Waals surface area contributed by atoms with Crippen molar-refractivity contribution in [3.63, 3.8) is 0 Å². The molecule has 3 rings (SSSR count). The molecule has 42 heavy (non-hydrogen) atoms. The summed E-state index contributed by atoms with van der Waals surface area (Å²) in [5, 5.41) is 5.88. The third kappa shape index (κ3) is 10.7. The lowest BCUT2D eigenvalue weighted by atomic mass is 9.87. The first-order valence-corrected chi connectivity index (χ1v) is 14.3. The van der Waals surface area contributed by atoms with Gasteiger partial charge in [0, 0.05) is 37.8 Å². The van der Waals surface area contributed by atoms with E-state index in [0.29, 0.717) is 36.4 Å². The average molecular weight is 573 g/mol. The number of carbonyl (C=O) groups excluding carboxylic acids is 3. The third-order valence-corrected chi connectivity index (χ3v) is 6.62. The molecule has 0 unspecified atom stereocenters. The Morgan fingerprint density at radius 1 is 0.810 bits per heavy atom. The number of rotatable bonds is 13. The van der Waals surface area contributed by atoms with E-state index in [1.807, 2.05) is 76.2 Å². The van der Waals surface area contributed by atoms with Crippen LogP contribution in [0.3, 0.4) is 0 Å². The highest BCUT2D eigenvalue weighted by Crippen LogP contribution is 2.22. The maximum absolute atomic E-state index is 13.4. The molecular formula is C34H44N4O4. The van der Waals surface area contributed by atoms with Gasteiger partial charge < -0.3 is 25.2 Å². The van der Waals surface area contributed by atoms with Crippen LogP contribution < -0.4 is 15.4 Å². The first-order chi connectivity index (χ1) is 19.9. The average Bonchev–Trinajstić information content (AvgIpc) is 2.95. The van der Waals surface area contributed by atoms with Gasteiger partial charge in [-0.3, -0.25) is 14.4 Å². The van der Waals surface area contributed by atoms with Crippen LogP contribution in [0.1, 0.15) is 59.0 Å². The Kier molecular flexibility index (Phi) is 11.7. The quantitative estimate of drug-likeness (QED) is 0.309. The van der Waals surface area contributed by atoms with Crippen molar-refractivity contribution in [1.82, 2.24) is 20.4 Å². The van der Waals surface area contributed by atoms with Crippen LogP contribution in [-0.2, 0) is 17.9 Å². The number of hydrogen-bond donors (Lipinski definition) is 2. The molecule has 0 heterocycles. The van der Waals surface area contributed by atoms with Crippen LogP contribution in [0.25, 0.3) is 0 Å². The second-order valence-electron chi connectivity index (χ2n) is 12.0. The van der Waals surface area contributed by atoms with Crippen LogP contribution in [0.2, 0.25) is 0 Å². The molecule has 0 aliphatic heterocycles. The Bertz CT molecular complexity index is 1320. The summed E-state index contributed by atoms with van der Waals surface area (Å²) >= 11 is 0. The summed E-state index contributed by atoms with van der Waals surface area (Å²) in [5.41, 5.74) is 2.57. The molecule has 8 nitrogen and oxygen atoms in total. The molecule has 0 bridgehead atoms. The van der Waals surface area contributed by atoms with Gasteiger partial charge in [-0.05, 0) is 73.5 Å². The molecule has 224 valence electrons. The summed E-state index contributed by atoms with van der Waals surface area (Å²) < 4.78 is 5.69. The van der Waals surface area contributed by atoms with Crippen molar-refractivity contribution in [3.05, 3.63) is 101 Å². The highest BCUT2D eigenvalue weighted by atomic mass is 16.5. The first-order valence-electron chi connectivity index (χ1n) is 14.3. The van der Waals surface area contributed by atoms with Crippen molar-refractivity contribution in [2.45, 2.75) is 46.3 Å². The lowest BCUT2D eigenvalue weighted by Gasteiger charge is -2.29. The zero-order chi connectivity index (χ0) is 30.7. The normalized spacial score (nSPS) is 12.0. The number of benzene rings is 3. The van der Waals surface area contributed by atoms with Crippen LogP contribution in [-0.4, -0.2) is 67.9 Å². The van der Waals surface area contributed by atoms with Gasteiger partial charge in [0.1, 0.15) is 18.4 Å². The van der Waals surface area contributed by atoms with Crippen LogP contribution in [0, 0.1) is 5.41 Å². The molecule has 3 aromatic rings. The molecule has 0 saturated carbocycles. The van der Waals surface area contributed by atoms with Crippen molar-refractivity contribution >= 4 is 17.7 Å². The Hall–Kier alpha value is -4.17. The highest BCUT2D eigenvalue weighted by molar-refractivity contribution is 5.98. The molecule has 8 heteroatoms. The molecule has 3 amide bonds. The topological polar surface area (TPSA) is 91.0 Å². The minimum absolute atomic E-state index is 0.139. The molecule has 0 spiro atoms. The molecule has 0 aliphatic carbocycles. The van der Waals surface area contributed by atoms with Gasteiger partial charge in [0.15, 0.2) is 0 Å². The van der Waals surface area contributed by atoms with Crippen molar-refractivity contribution in [2.24, 2.45) is 5.41 Å². The summed E-state index contributed by atoms with van der Waals surface area (Å²) in [4.78, 5) is 43.1. The molecule has 0 aromatic heterocycles. The maximum Gasteiger partial charge on any atom is 0.251 e. The summed E-state index contributed by atoms with van der Waals surface area (Å²) in [6.07, 6.45) is 0.492. The minimum Gasteiger partial charge on any atom is -0.492 e. The van der Waals surface area contributed by atoms with E-state index in [1.54, 1.807) is 54.4 Å². The fourth-order valence-corrected chi connectivity index (χ4v) is 4.41.